The fourth-order valence-corrected chi connectivity index (χ4v) is 5.20. The Labute approximate surface area is 167 Å². The van der Waals surface area contributed by atoms with E-state index in [1.165, 1.54) is 34.9 Å². The smallest absolute Gasteiger partial charge is 0.264 e. The van der Waals surface area contributed by atoms with E-state index < -0.39 is 10.0 Å². The van der Waals surface area contributed by atoms with Crippen molar-refractivity contribution in [2.75, 3.05) is 24.6 Å². The Morgan fingerprint density at radius 1 is 1.14 bits per heavy atom. The molecular formula is C20H16N2O4S2. The predicted octanol–water partition coefficient (Wildman–Crippen LogP) is 3.88. The molecule has 1 aliphatic rings. The molecule has 142 valence electrons. The highest BCUT2D eigenvalue weighted by molar-refractivity contribution is 7.92. The highest BCUT2D eigenvalue weighted by Crippen LogP contribution is 2.39. The Bertz CT molecular complexity index is 1160. The topological polar surface area (TPSA) is 79.6 Å². The molecule has 1 aliphatic heterocycles. The molecular weight excluding hydrogens is 396 g/mol. The summed E-state index contributed by atoms with van der Waals surface area (Å²) < 4.78 is 38.6. The van der Waals surface area contributed by atoms with Gasteiger partial charge < -0.3 is 9.47 Å². The molecule has 2 heterocycles. The van der Waals surface area contributed by atoms with Crippen LogP contribution in [0.4, 0.5) is 5.69 Å². The summed E-state index contributed by atoms with van der Waals surface area (Å²) in [7, 11) is -2.22. The molecule has 3 aromatic rings. The molecule has 8 heteroatoms. The monoisotopic (exact) mass is 412 g/mol. The summed E-state index contributed by atoms with van der Waals surface area (Å²) in [5.41, 5.74) is 2.19. The maximum Gasteiger partial charge on any atom is 0.264 e. The molecule has 0 saturated carbocycles. The fourth-order valence-electron chi connectivity index (χ4n) is 3.04. The minimum atomic E-state index is -3.75. The van der Waals surface area contributed by atoms with Gasteiger partial charge in [-0.25, -0.2) is 8.42 Å². The summed E-state index contributed by atoms with van der Waals surface area (Å²) in [6, 6.07) is 15.7. The van der Waals surface area contributed by atoms with Crippen molar-refractivity contribution in [2.45, 2.75) is 4.90 Å². The van der Waals surface area contributed by atoms with E-state index in [4.69, 9.17) is 14.7 Å². The molecule has 2 aromatic carbocycles. The van der Waals surface area contributed by atoms with Gasteiger partial charge in [-0.2, -0.15) is 5.26 Å². The number of nitriles is 1. The van der Waals surface area contributed by atoms with E-state index in [2.05, 4.69) is 6.07 Å². The first-order chi connectivity index (χ1) is 13.5. The van der Waals surface area contributed by atoms with Crippen molar-refractivity contribution in [1.82, 2.24) is 0 Å². The average Bonchev–Trinajstić information content (AvgIpc) is 3.22. The van der Waals surface area contributed by atoms with Crippen LogP contribution in [0.2, 0.25) is 0 Å². The van der Waals surface area contributed by atoms with Gasteiger partial charge in [-0.3, -0.25) is 4.31 Å². The van der Waals surface area contributed by atoms with Gasteiger partial charge in [-0.15, -0.1) is 11.3 Å². The number of anilines is 1. The standard InChI is InChI=1S/C20H16N2O4S2/c1-25-16-3-5-18(6-4-16)28(23,24)22-8-9-26-20-7-2-14(11-19(20)22)15-10-17(12-21)27-13-15/h2-7,10-11,13H,8-9H2,1H3. The molecule has 0 bridgehead atoms. The van der Waals surface area contributed by atoms with Crippen LogP contribution in [-0.4, -0.2) is 28.7 Å². The summed E-state index contributed by atoms with van der Waals surface area (Å²) in [6.07, 6.45) is 0. The van der Waals surface area contributed by atoms with Crippen molar-refractivity contribution >= 4 is 27.0 Å². The maximum absolute atomic E-state index is 13.2. The van der Waals surface area contributed by atoms with Gasteiger partial charge in [0.15, 0.2) is 0 Å². The number of hydrogen-bond donors (Lipinski definition) is 0. The molecule has 28 heavy (non-hydrogen) atoms. The molecule has 0 N–H and O–H groups in total. The van der Waals surface area contributed by atoms with Crippen LogP contribution >= 0.6 is 11.3 Å². The molecule has 0 aliphatic carbocycles. The van der Waals surface area contributed by atoms with E-state index in [9.17, 15) is 8.42 Å². The summed E-state index contributed by atoms with van der Waals surface area (Å²) in [6.45, 7) is 0.497. The zero-order chi connectivity index (χ0) is 19.7. The Balaban J connectivity index is 1.76. The first-order valence-electron chi connectivity index (χ1n) is 8.45. The molecule has 0 unspecified atom stereocenters. The lowest BCUT2D eigenvalue weighted by Gasteiger charge is -2.31. The number of benzene rings is 2. The third-order valence-electron chi connectivity index (χ3n) is 4.47. The molecule has 6 nitrogen and oxygen atoms in total. The number of nitrogens with zero attached hydrogens (tertiary/aromatic N) is 2. The van der Waals surface area contributed by atoms with E-state index >= 15 is 0 Å². The highest BCUT2D eigenvalue weighted by Gasteiger charge is 2.30. The Hall–Kier alpha value is -3.02. The minimum absolute atomic E-state index is 0.189. The normalized spacial score (nSPS) is 13.4. The second kappa shape index (κ2) is 7.19. The third-order valence-corrected chi connectivity index (χ3v) is 7.13. The largest absolute Gasteiger partial charge is 0.497 e. The summed E-state index contributed by atoms with van der Waals surface area (Å²) in [4.78, 5) is 0.792. The highest BCUT2D eigenvalue weighted by atomic mass is 32.2. The van der Waals surface area contributed by atoms with Crippen LogP contribution in [0, 0.1) is 11.3 Å². The lowest BCUT2D eigenvalue weighted by Crippen LogP contribution is -2.37. The quantitative estimate of drug-likeness (QED) is 0.650. The van der Waals surface area contributed by atoms with Crippen molar-refractivity contribution in [3.05, 3.63) is 58.8 Å². The van der Waals surface area contributed by atoms with Crippen LogP contribution in [0.3, 0.4) is 0 Å². The Morgan fingerprint density at radius 3 is 2.61 bits per heavy atom. The van der Waals surface area contributed by atoms with Crippen LogP contribution in [0.5, 0.6) is 11.5 Å². The van der Waals surface area contributed by atoms with E-state index in [1.54, 1.807) is 30.3 Å². The summed E-state index contributed by atoms with van der Waals surface area (Å²) in [5, 5.41) is 10.9. The molecule has 4 rings (SSSR count). The summed E-state index contributed by atoms with van der Waals surface area (Å²) >= 11 is 1.35. The number of fused-ring (bicyclic) bond motifs is 1. The van der Waals surface area contributed by atoms with Crippen LogP contribution in [0.25, 0.3) is 11.1 Å². The number of thiophene rings is 1. The van der Waals surface area contributed by atoms with Gasteiger partial charge in [0.05, 0.1) is 24.2 Å². The number of methoxy groups -OCH3 is 1. The van der Waals surface area contributed by atoms with Crippen LogP contribution in [0.1, 0.15) is 4.88 Å². The van der Waals surface area contributed by atoms with Gasteiger partial charge in [0.25, 0.3) is 10.0 Å². The van der Waals surface area contributed by atoms with Crippen molar-refractivity contribution in [3.8, 4) is 28.7 Å². The van der Waals surface area contributed by atoms with Crippen molar-refractivity contribution < 1.29 is 17.9 Å². The Morgan fingerprint density at radius 2 is 1.93 bits per heavy atom. The second-order valence-electron chi connectivity index (χ2n) is 6.10. The minimum Gasteiger partial charge on any atom is -0.497 e. The van der Waals surface area contributed by atoms with E-state index in [-0.39, 0.29) is 18.0 Å². The molecule has 0 amide bonds. The van der Waals surface area contributed by atoms with Crippen LogP contribution < -0.4 is 13.8 Å². The fraction of sp³-hybridized carbons (Fsp3) is 0.150. The van der Waals surface area contributed by atoms with E-state index in [0.29, 0.717) is 22.1 Å². The first-order valence-corrected chi connectivity index (χ1v) is 10.8. The Kier molecular flexibility index (Phi) is 4.71. The van der Waals surface area contributed by atoms with Gasteiger partial charge in [0, 0.05) is 0 Å². The van der Waals surface area contributed by atoms with Crippen molar-refractivity contribution in [2.24, 2.45) is 0 Å². The van der Waals surface area contributed by atoms with Crippen molar-refractivity contribution in [1.29, 1.82) is 5.26 Å². The zero-order valence-electron chi connectivity index (χ0n) is 15.0. The zero-order valence-corrected chi connectivity index (χ0v) is 16.6. The van der Waals surface area contributed by atoms with Crippen LogP contribution in [0.15, 0.2) is 58.8 Å². The molecule has 0 atom stereocenters. The van der Waals surface area contributed by atoms with Gasteiger partial charge in [0.1, 0.15) is 29.1 Å². The van der Waals surface area contributed by atoms with Crippen molar-refractivity contribution in [3.63, 3.8) is 0 Å². The molecule has 0 radical (unpaired) electrons. The molecule has 1 aromatic heterocycles. The molecule has 0 fully saturated rings. The van der Waals surface area contributed by atoms with Gasteiger partial charge in [-0.1, -0.05) is 6.07 Å². The van der Waals surface area contributed by atoms with Gasteiger partial charge in [0.2, 0.25) is 0 Å². The van der Waals surface area contributed by atoms with Gasteiger partial charge in [-0.05, 0) is 59.0 Å². The number of hydrogen-bond acceptors (Lipinski definition) is 6. The lowest BCUT2D eigenvalue weighted by atomic mass is 10.1. The van der Waals surface area contributed by atoms with E-state index in [1.807, 2.05) is 11.4 Å². The summed E-state index contributed by atoms with van der Waals surface area (Å²) in [5.74, 6) is 1.11. The first kappa shape index (κ1) is 18.3. The van der Waals surface area contributed by atoms with Crippen LogP contribution in [-0.2, 0) is 10.0 Å². The van der Waals surface area contributed by atoms with Gasteiger partial charge >= 0.3 is 0 Å². The second-order valence-corrected chi connectivity index (χ2v) is 8.87. The number of rotatable bonds is 4. The lowest BCUT2D eigenvalue weighted by molar-refractivity contribution is 0.316. The third kappa shape index (κ3) is 3.19. The SMILES string of the molecule is COc1ccc(S(=O)(=O)N2CCOc3ccc(-c4csc(C#N)c4)cc32)cc1. The predicted molar refractivity (Wildman–Crippen MR) is 107 cm³/mol. The van der Waals surface area contributed by atoms with E-state index in [0.717, 1.165) is 11.1 Å². The molecule has 0 saturated heterocycles. The maximum atomic E-state index is 13.2. The number of ether oxygens (including phenoxy) is 2. The number of sulfonamides is 1. The average molecular weight is 412 g/mol. The molecule has 0 spiro atoms.